The summed E-state index contributed by atoms with van der Waals surface area (Å²) in [5.41, 5.74) is 1.89. The van der Waals surface area contributed by atoms with Crippen molar-refractivity contribution in [3.05, 3.63) is 90.3 Å². The molecule has 0 unspecified atom stereocenters. The van der Waals surface area contributed by atoms with Crippen LogP contribution in [0.5, 0.6) is 11.5 Å². The summed E-state index contributed by atoms with van der Waals surface area (Å²) in [7, 11) is -3.65. The number of ether oxygens (including phenoxy) is 1. The molecule has 152 valence electrons. The van der Waals surface area contributed by atoms with Gasteiger partial charge in [0.15, 0.2) is 0 Å². The molecule has 0 amide bonds. The van der Waals surface area contributed by atoms with Gasteiger partial charge in [0, 0.05) is 5.56 Å². The number of aromatic nitrogens is 2. The van der Waals surface area contributed by atoms with Crippen molar-refractivity contribution in [2.24, 2.45) is 0 Å². The molecule has 0 saturated heterocycles. The summed E-state index contributed by atoms with van der Waals surface area (Å²) in [6.07, 6.45) is 0. The molecule has 1 N–H and O–H groups in total. The third kappa shape index (κ3) is 4.73. The fourth-order valence-corrected chi connectivity index (χ4v) is 3.69. The number of hydrogen-bond acceptors (Lipinski definition) is 6. The number of aryl methyl sites for hydroxylation is 1. The van der Waals surface area contributed by atoms with E-state index in [-0.39, 0.29) is 17.3 Å². The molecule has 4 aromatic rings. The molecule has 1 aromatic heterocycles. The molecule has 0 spiro atoms. The zero-order valence-corrected chi connectivity index (χ0v) is 17.0. The molecular formula is C22H19N3O4S. The quantitative estimate of drug-likeness (QED) is 0.478. The highest BCUT2D eigenvalue weighted by atomic mass is 32.2. The minimum absolute atomic E-state index is 0.0984. The highest BCUT2D eigenvalue weighted by Crippen LogP contribution is 2.25. The van der Waals surface area contributed by atoms with Gasteiger partial charge in [0.25, 0.3) is 0 Å². The number of nitrogens with zero attached hydrogens (tertiary/aromatic N) is 2. The van der Waals surface area contributed by atoms with E-state index >= 15 is 0 Å². The Morgan fingerprint density at radius 2 is 1.53 bits per heavy atom. The lowest BCUT2D eigenvalue weighted by atomic mass is 10.2. The smallest absolute Gasteiger partial charge is 0.242 e. The zero-order valence-electron chi connectivity index (χ0n) is 16.1. The van der Waals surface area contributed by atoms with Gasteiger partial charge in [-0.05, 0) is 55.5 Å². The van der Waals surface area contributed by atoms with E-state index in [1.54, 1.807) is 18.2 Å². The Hall–Kier alpha value is -3.49. The molecule has 0 saturated carbocycles. The topological polar surface area (TPSA) is 94.3 Å². The average Bonchev–Trinajstić information content (AvgIpc) is 3.24. The predicted molar refractivity (Wildman–Crippen MR) is 111 cm³/mol. The van der Waals surface area contributed by atoms with Crippen molar-refractivity contribution in [1.82, 2.24) is 14.9 Å². The van der Waals surface area contributed by atoms with Crippen molar-refractivity contribution >= 4 is 10.0 Å². The number of nitrogens with one attached hydrogen (secondary N) is 1. The van der Waals surface area contributed by atoms with E-state index in [1.807, 2.05) is 55.5 Å². The Morgan fingerprint density at radius 3 is 2.20 bits per heavy atom. The Kier molecular flexibility index (Phi) is 5.60. The lowest BCUT2D eigenvalue weighted by Gasteiger charge is -2.06. The molecule has 1 heterocycles. The van der Waals surface area contributed by atoms with Crippen LogP contribution in [-0.2, 0) is 16.6 Å². The minimum atomic E-state index is -3.65. The molecule has 0 aliphatic rings. The van der Waals surface area contributed by atoms with E-state index in [2.05, 4.69) is 14.9 Å². The maximum Gasteiger partial charge on any atom is 0.242 e. The summed E-state index contributed by atoms with van der Waals surface area (Å²) < 4.78 is 38.0. The van der Waals surface area contributed by atoms with E-state index in [1.165, 1.54) is 12.1 Å². The van der Waals surface area contributed by atoms with Crippen LogP contribution >= 0.6 is 0 Å². The Bertz CT molecular complexity index is 1220. The second kappa shape index (κ2) is 8.48. The molecule has 0 atom stereocenters. The molecule has 0 radical (unpaired) electrons. The van der Waals surface area contributed by atoms with Gasteiger partial charge in [0.1, 0.15) is 11.5 Å². The Balaban J connectivity index is 1.40. The average molecular weight is 421 g/mol. The normalized spacial score (nSPS) is 11.4. The summed E-state index contributed by atoms with van der Waals surface area (Å²) in [5.74, 6) is 1.97. The van der Waals surface area contributed by atoms with Gasteiger partial charge < -0.3 is 9.26 Å². The second-order valence-corrected chi connectivity index (χ2v) is 8.36. The maximum absolute atomic E-state index is 12.3. The number of rotatable bonds is 7. The van der Waals surface area contributed by atoms with Crippen molar-refractivity contribution in [2.75, 3.05) is 0 Å². The van der Waals surface area contributed by atoms with E-state index < -0.39 is 10.0 Å². The first kappa shape index (κ1) is 19.8. The monoisotopic (exact) mass is 421 g/mol. The van der Waals surface area contributed by atoms with Crippen LogP contribution < -0.4 is 9.46 Å². The number of hydrogen-bond donors (Lipinski definition) is 1. The predicted octanol–water partition coefficient (Wildman–Crippen LogP) is 4.32. The molecule has 0 aliphatic carbocycles. The summed E-state index contributed by atoms with van der Waals surface area (Å²) in [6, 6.07) is 23.1. The number of sulfonamides is 1. The Labute approximate surface area is 174 Å². The molecule has 7 nitrogen and oxygen atoms in total. The number of benzene rings is 3. The lowest BCUT2D eigenvalue weighted by molar-refractivity contribution is 0.376. The van der Waals surface area contributed by atoms with Gasteiger partial charge in [-0.3, -0.25) is 0 Å². The molecule has 8 heteroatoms. The van der Waals surface area contributed by atoms with Crippen molar-refractivity contribution in [2.45, 2.75) is 18.4 Å². The summed E-state index contributed by atoms with van der Waals surface area (Å²) in [4.78, 5) is 4.43. The van der Waals surface area contributed by atoms with Crippen LogP contribution in [0.1, 0.15) is 11.5 Å². The SMILES string of the molecule is Cc1ccc(Oc2ccc(-c3noc(CNS(=O)(=O)c4ccccc4)n3)cc2)cc1. The van der Waals surface area contributed by atoms with Crippen LogP contribution in [0.3, 0.4) is 0 Å². The van der Waals surface area contributed by atoms with Crippen LogP contribution in [-0.4, -0.2) is 18.6 Å². The lowest BCUT2D eigenvalue weighted by Crippen LogP contribution is -2.23. The molecule has 3 aromatic carbocycles. The molecular weight excluding hydrogens is 402 g/mol. The molecule has 30 heavy (non-hydrogen) atoms. The van der Waals surface area contributed by atoms with Crippen molar-refractivity contribution in [3.8, 4) is 22.9 Å². The van der Waals surface area contributed by atoms with Crippen molar-refractivity contribution in [1.29, 1.82) is 0 Å². The van der Waals surface area contributed by atoms with Crippen LogP contribution in [0, 0.1) is 6.92 Å². The van der Waals surface area contributed by atoms with Crippen LogP contribution in [0.25, 0.3) is 11.4 Å². The van der Waals surface area contributed by atoms with E-state index in [4.69, 9.17) is 9.26 Å². The first-order valence-electron chi connectivity index (χ1n) is 9.22. The third-order valence-corrected chi connectivity index (χ3v) is 5.72. The third-order valence-electron chi connectivity index (χ3n) is 4.30. The molecule has 4 rings (SSSR count). The van der Waals surface area contributed by atoms with Crippen LogP contribution in [0.4, 0.5) is 0 Å². The summed E-state index contributed by atoms with van der Waals surface area (Å²) >= 11 is 0. The largest absolute Gasteiger partial charge is 0.457 e. The summed E-state index contributed by atoms with van der Waals surface area (Å²) in [6.45, 7) is 1.92. The highest BCUT2D eigenvalue weighted by Gasteiger charge is 2.16. The zero-order chi connectivity index (χ0) is 21.0. The van der Waals surface area contributed by atoms with Crippen LogP contribution in [0.2, 0.25) is 0 Å². The van der Waals surface area contributed by atoms with E-state index in [0.29, 0.717) is 11.6 Å². The van der Waals surface area contributed by atoms with Crippen LogP contribution in [0.15, 0.2) is 88.3 Å². The van der Waals surface area contributed by atoms with Crippen molar-refractivity contribution < 1.29 is 17.7 Å². The van der Waals surface area contributed by atoms with Gasteiger partial charge in [-0.15, -0.1) is 0 Å². The standard InChI is InChI=1S/C22H19N3O4S/c1-16-7-11-18(12-8-16)28-19-13-9-17(10-14-19)22-24-21(29-25-22)15-23-30(26,27)20-5-3-2-4-6-20/h2-14,23H,15H2,1H3. The van der Waals surface area contributed by atoms with E-state index in [0.717, 1.165) is 16.9 Å². The highest BCUT2D eigenvalue weighted by molar-refractivity contribution is 7.89. The second-order valence-electron chi connectivity index (χ2n) is 6.59. The van der Waals surface area contributed by atoms with E-state index in [9.17, 15) is 8.42 Å². The first-order valence-corrected chi connectivity index (χ1v) is 10.7. The van der Waals surface area contributed by atoms with Gasteiger partial charge >= 0.3 is 0 Å². The molecule has 0 fully saturated rings. The van der Waals surface area contributed by atoms with Gasteiger partial charge in [-0.25, -0.2) is 13.1 Å². The fourth-order valence-electron chi connectivity index (χ4n) is 2.70. The summed E-state index contributed by atoms with van der Waals surface area (Å²) in [5, 5.41) is 3.92. The van der Waals surface area contributed by atoms with Gasteiger partial charge in [0.05, 0.1) is 11.4 Å². The van der Waals surface area contributed by atoms with Crippen molar-refractivity contribution in [3.63, 3.8) is 0 Å². The minimum Gasteiger partial charge on any atom is -0.457 e. The van der Waals surface area contributed by atoms with Gasteiger partial charge in [-0.1, -0.05) is 41.1 Å². The first-order chi connectivity index (χ1) is 14.5. The fraction of sp³-hybridized carbons (Fsp3) is 0.0909. The van der Waals surface area contributed by atoms with Gasteiger partial charge in [-0.2, -0.15) is 4.98 Å². The molecule has 0 aliphatic heterocycles. The molecule has 0 bridgehead atoms. The maximum atomic E-state index is 12.3. The van der Waals surface area contributed by atoms with Gasteiger partial charge in [0.2, 0.25) is 21.7 Å². The Morgan fingerprint density at radius 1 is 0.900 bits per heavy atom.